The second-order valence-electron chi connectivity index (χ2n) is 4.95. The Morgan fingerprint density at radius 1 is 0.955 bits per heavy atom. The largest absolute Gasteiger partial charge is 0.497 e. The molecule has 0 radical (unpaired) electrons. The normalized spacial score (nSPS) is 14.8. The maximum atomic E-state index is 11.9. The van der Waals surface area contributed by atoms with Gasteiger partial charge in [-0.2, -0.15) is 5.10 Å². The molecule has 0 aliphatic heterocycles. The van der Waals surface area contributed by atoms with E-state index in [1.807, 2.05) is 55.6 Å². The molecule has 0 N–H and O–H groups in total. The van der Waals surface area contributed by atoms with Gasteiger partial charge in [-0.15, -0.1) is 0 Å². The molecule has 0 spiro atoms. The number of rotatable bonds is 3. The first-order valence-corrected chi connectivity index (χ1v) is 6.97. The number of fused-ring (bicyclic) bond motifs is 1. The van der Waals surface area contributed by atoms with Crippen LogP contribution in [0.4, 0.5) is 5.69 Å². The molecule has 4 nitrogen and oxygen atoms in total. The maximum absolute atomic E-state index is 11.9. The highest BCUT2D eigenvalue weighted by Gasteiger charge is 2.17. The summed E-state index contributed by atoms with van der Waals surface area (Å²) in [5.74, 6) is 0.819. The van der Waals surface area contributed by atoms with E-state index in [9.17, 15) is 4.79 Å². The van der Waals surface area contributed by atoms with E-state index in [0.29, 0.717) is 5.56 Å². The number of allylic oxidation sites excluding steroid dienone is 2. The molecular formula is C18H16N2O2. The van der Waals surface area contributed by atoms with Crippen molar-refractivity contribution in [1.82, 2.24) is 0 Å². The highest BCUT2D eigenvalue weighted by atomic mass is 16.5. The van der Waals surface area contributed by atoms with E-state index in [1.165, 1.54) is 0 Å². The Morgan fingerprint density at radius 2 is 1.64 bits per heavy atom. The van der Waals surface area contributed by atoms with Gasteiger partial charge in [0.25, 0.3) is 0 Å². The number of anilines is 1. The number of hydrogen-bond donors (Lipinski definition) is 0. The van der Waals surface area contributed by atoms with Gasteiger partial charge in [-0.3, -0.25) is 9.80 Å². The first-order valence-electron chi connectivity index (χ1n) is 6.97. The third-order valence-electron chi connectivity index (χ3n) is 3.56. The molecular weight excluding hydrogens is 276 g/mol. The maximum Gasteiger partial charge on any atom is 0.186 e. The zero-order valence-corrected chi connectivity index (χ0v) is 12.5. The van der Waals surface area contributed by atoms with Gasteiger partial charge in [0.1, 0.15) is 5.75 Å². The standard InChI is InChI=1S/C18H16N2O2/c1-20(13-7-9-14(22-2)10-8-13)19-17-11-12-18(21)16-6-4-3-5-15(16)17/h3-12H,1-2H3/b19-17+. The second-order valence-corrected chi connectivity index (χ2v) is 4.95. The number of benzene rings is 2. The predicted octanol–water partition coefficient (Wildman–Crippen LogP) is 3.29. The molecule has 0 heterocycles. The first-order chi connectivity index (χ1) is 10.7. The van der Waals surface area contributed by atoms with E-state index in [2.05, 4.69) is 5.10 Å². The number of methoxy groups -OCH3 is 1. The van der Waals surface area contributed by atoms with Crippen LogP contribution in [0.25, 0.3) is 0 Å². The average Bonchev–Trinajstić information content (AvgIpc) is 2.57. The highest BCUT2D eigenvalue weighted by molar-refractivity contribution is 6.24. The van der Waals surface area contributed by atoms with Gasteiger partial charge < -0.3 is 4.74 Å². The molecule has 110 valence electrons. The molecule has 0 amide bonds. The van der Waals surface area contributed by atoms with E-state index in [-0.39, 0.29) is 5.78 Å². The fourth-order valence-electron chi connectivity index (χ4n) is 2.36. The third kappa shape index (κ3) is 2.63. The minimum absolute atomic E-state index is 0.0154. The molecule has 0 fully saturated rings. The minimum Gasteiger partial charge on any atom is -0.497 e. The van der Waals surface area contributed by atoms with Gasteiger partial charge in [-0.05, 0) is 36.4 Å². The lowest BCUT2D eigenvalue weighted by Crippen LogP contribution is -2.17. The fourth-order valence-corrected chi connectivity index (χ4v) is 2.36. The number of hydrogen-bond acceptors (Lipinski definition) is 4. The van der Waals surface area contributed by atoms with Crippen LogP contribution < -0.4 is 9.75 Å². The van der Waals surface area contributed by atoms with Gasteiger partial charge in [-0.25, -0.2) is 0 Å². The van der Waals surface area contributed by atoms with Crippen molar-refractivity contribution in [3.8, 4) is 5.75 Å². The molecule has 0 aromatic heterocycles. The van der Waals surface area contributed by atoms with Crippen molar-refractivity contribution < 1.29 is 9.53 Å². The van der Waals surface area contributed by atoms with Crippen molar-refractivity contribution in [2.24, 2.45) is 5.10 Å². The summed E-state index contributed by atoms with van der Waals surface area (Å²) in [6.07, 6.45) is 3.31. The number of ketones is 1. The first kappa shape index (κ1) is 14.1. The van der Waals surface area contributed by atoms with Gasteiger partial charge in [-0.1, -0.05) is 24.3 Å². The Hall–Kier alpha value is -2.88. The van der Waals surface area contributed by atoms with Crippen molar-refractivity contribution in [2.45, 2.75) is 0 Å². The summed E-state index contributed by atoms with van der Waals surface area (Å²) >= 11 is 0. The van der Waals surface area contributed by atoms with Crippen LogP contribution in [0.3, 0.4) is 0 Å². The SMILES string of the molecule is COc1ccc(N(C)/N=C2\C=CC(=O)c3ccccc32)cc1. The van der Waals surface area contributed by atoms with E-state index >= 15 is 0 Å². The molecule has 3 rings (SSSR count). The number of hydrazone groups is 1. The topological polar surface area (TPSA) is 41.9 Å². The molecule has 0 bridgehead atoms. The summed E-state index contributed by atoms with van der Waals surface area (Å²) in [7, 11) is 3.52. The number of carbonyl (C=O) groups excluding carboxylic acids is 1. The highest BCUT2D eigenvalue weighted by Crippen LogP contribution is 2.21. The van der Waals surface area contributed by atoms with Gasteiger partial charge in [0.2, 0.25) is 0 Å². The van der Waals surface area contributed by atoms with Crippen LogP contribution in [0.2, 0.25) is 0 Å². The molecule has 0 saturated carbocycles. The molecule has 0 saturated heterocycles. The van der Waals surface area contributed by atoms with Crippen molar-refractivity contribution in [3.63, 3.8) is 0 Å². The summed E-state index contributed by atoms with van der Waals surface area (Å²) in [6, 6.07) is 15.2. The van der Waals surface area contributed by atoms with Crippen LogP contribution in [0.5, 0.6) is 5.75 Å². The fraction of sp³-hybridized carbons (Fsp3) is 0.111. The zero-order chi connectivity index (χ0) is 15.5. The smallest absolute Gasteiger partial charge is 0.186 e. The summed E-state index contributed by atoms with van der Waals surface area (Å²) in [4.78, 5) is 11.9. The van der Waals surface area contributed by atoms with Crippen LogP contribution in [0.15, 0.2) is 65.8 Å². The number of ether oxygens (including phenoxy) is 1. The average molecular weight is 292 g/mol. The summed E-state index contributed by atoms with van der Waals surface area (Å²) < 4.78 is 5.15. The Morgan fingerprint density at radius 3 is 2.32 bits per heavy atom. The van der Waals surface area contributed by atoms with Crippen LogP contribution in [0, 0.1) is 0 Å². The van der Waals surface area contributed by atoms with E-state index < -0.39 is 0 Å². The number of carbonyl (C=O) groups is 1. The molecule has 1 aliphatic carbocycles. The second kappa shape index (κ2) is 5.85. The van der Waals surface area contributed by atoms with Gasteiger partial charge in [0.15, 0.2) is 5.78 Å². The van der Waals surface area contributed by atoms with Crippen LogP contribution >= 0.6 is 0 Å². The summed E-state index contributed by atoms with van der Waals surface area (Å²) in [5.41, 5.74) is 3.26. The van der Waals surface area contributed by atoms with Crippen molar-refractivity contribution >= 4 is 17.2 Å². The molecule has 0 atom stereocenters. The van der Waals surface area contributed by atoms with Crippen molar-refractivity contribution in [3.05, 3.63) is 71.8 Å². The lowest BCUT2D eigenvalue weighted by atomic mass is 9.94. The van der Waals surface area contributed by atoms with Crippen LogP contribution in [0.1, 0.15) is 15.9 Å². The molecule has 2 aromatic carbocycles. The Labute approximate surface area is 129 Å². The van der Waals surface area contributed by atoms with E-state index in [1.54, 1.807) is 24.3 Å². The Kier molecular flexibility index (Phi) is 3.74. The van der Waals surface area contributed by atoms with Gasteiger partial charge in [0, 0.05) is 18.2 Å². The van der Waals surface area contributed by atoms with Crippen LogP contribution in [-0.2, 0) is 0 Å². The monoisotopic (exact) mass is 292 g/mol. The number of nitrogens with zero attached hydrogens (tertiary/aromatic N) is 2. The zero-order valence-electron chi connectivity index (χ0n) is 12.5. The van der Waals surface area contributed by atoms with E-state index in [4.69, 9.17) is 4.74 Å². The Balaban J connectivity index is 1.94. The quantitative estimate of drug-likeness (QED) is 0.815. The van der Waals surface area contributed by atoms with Crippen LogP contribution in [-0.4, -0.2) is 25.7 Å². The third-order valence-corrected chi connectivity index (χ3v) is 3.56. The van der Waals surface area contributed by atoms with E-state index in [0.717, 1.165) is 22.7 Å². The molecule has 2 aromatic rings. The minimum atomic E-state index is 0.0154. The lowest BCUT2D eigenvalue weighted by molar-refractivity contribution is 0.104. The summed E-state index contributed by atoms with van der Waals surface area (Å²) in [5, 5.41) is 6.39. The lowest BCUT2D eigenvalue weighted by Gasteiger charge is -2.17. The predicted molar refractivity (Wildman–Crippen MR) is 87.8 cm³/mol. The van der Waals surface area contributed by atoms with Gasteiger partial charge >= 0.3 is 0 Å². The molecule has 0 unspecified atom stereocenters. The molecule has 1 aliphatic rings. The molecule has 4 heteroatoms. The van der Waals surface area contributed by atoms with Crippen molar-refractivity contribution in [1.29, 1.82) is 0 Å². The van der Waals surface area contributed by atoms with Gasteiger partial charge in [0.05, 0.1) is 18.5 Å². The molecule has 22 heavy (non-hydrogen) atoms. The van der Waals surface area contributed by atoms with Crippen molar-refractivity contribution in [2.75, 3.05) is 19.2 Å². The summed E-state index contributed by atoms with van der Waals surface area (Å²) in [6.45, 7) is 0. The Bertz CT molecular complexity index is 761.